The lowest BCUT2D eigenvalue weighted by atomic mass is 10.2. The first-order valence-corrected chi connectivity index (χ1v) is 4.99. The van der Waals surface area contributed by atoms with Crippen molar-refractivity contribution in [3.8, 4) is 0 Å². The van der Waals surface area contributed by atoms with Crippen molar-refractivity contribution in [2.24, 2.45) is 0 Å². The van der Waals surface area contributed by atoms with Gasteiger partial charge < -0.3 is 4.90 Å². The second-order valence-electron chi connectivity index (χ2n) is 3.65. The van der Waals surface area contributed by atoms with E-state index >= 15 is 0 Å². The molecule has 1 aromatic rings. The number of hydrogen-bond donors (Lipinski definition) is 0. The summed E-state index contributed by atoms with van der Waals surface area (Å²) in [6.07, 6.45) is 4.17. The third-order valence-corrected chi connectivity index (χ3v) is 2.58. The van der Waals surface area contributed by atoms with Crippen LogP contribution in [0.15, 0.2) is 18.3 Å². The van der Waals surface area contributed by atoms with Crippen LogP contribution in [0.1, 0.15) is 30.1 Å². The minimum Gasteiger partial charge on any atom is -0.357 e. The Morgan fingerprint density at radius 3 is 2.79 bits per heavy atom. The van der Waals surface area contributed by atoms with Crippen LogP contribution in [0.4, 0.5) is 5.82 Å². The van der Waals surface area contributed by atoms with E-state index in [-0.39, 0.29) is 5.78 Å². The Bertz CT molecular complexity index is 343. The van der Waals surface area contributed by atoms with Gasteiger partial charge in [0.15, 0.2) is 5.78 Å². The number of carbonyl (C=O) groups is 1. The van der Waals surface area contributed by atoms with Crippen molar-refractivity contribution < 1.29 is 4.79 Å². The third-order valence-electron chi connectivity index (χ3n) is 2.58. The van der Waals surface area contributed by atoms with E-state index in [1.807, 2.05) is 6.07 Å². The second-order valence-corrected chi connectivity index (χ2v) is 3.65. The number of pyridine rings is 1. The Hall–Kier alpha value is -1.38. The average Bonchev–Trinajstić information content (AvgIpc) is 2.71. The van der Waals surface area contributed by atoms with Gasteiger partial charge in [0, 0.05) is 24.8 Å². The van der Waals surface area contributed by atoms with Crippen LogP contribution in [-0.2, 0) is 0 Å². The van der Waals surface area contributed by atoms with Gasteiger partial charge in [-0.2, -0.15) is 0 Å². The lowest BCUT2D eigenvalue weighted by Gasteiger charge is -2.16. The number of carbonyl (C=O) groups excluding carboxylic acids is 1. The van der Waals surface area contributed by atoms with E-state index in [4.69, 9.17) is 0 Å². The molecule has 0 bridgehead atoms. The lowest BCUT2D eigenvalue weighted by Crippen LogP contribution is -2.19. The van der Waals surface area contributed by atoms with Crippen LogP contribution in [0.25, 0.3) is 0 Å². The summed E-state index contributed by atoms with van der Waals surface area (Å²) in [5.41, 5.74) is 0.752. The number of rotatable bonds is 2. The molecule has 1 aromatic heterocycles. The molecule has 0 saturated carbocycles. The molecule has 1 fully saturated rings. The molecular formula is C11H14N2O. The number of hydrogen-bond acceptors (Lipinski definition) is 3. The van der Waals surface area contributed by atoms with Crippen molar-refractivity contribution >= 4 is 11.6 Å². The summed E-state index contributed by atoms with van der Waals surface area (Å²) in [6, 6.07) is 3.65. The summed E-state index contributed by atoms with van der Waals surface area (Å²) >= 11 is 0. The molecule has 0 N–H and O–H groups in total. The maximum absolute atomic E-state index is 11.2. The Morgan fingerprint density at radius 1 is 1.43 bits per heavy atom. The van der Waals surface area contributed by atoms with Gasteiger partial charge in [0.1, 0.15) is 5.82 Å². The van der Waals surface area contributed by atoms with Gasteiger partial charge in [-0.1, -0.05) is 0 Å². The Kier molecular flexibility index (Phi) is 2.48. The molecule has 3 heteroatoms. The molecule has 0 amide bonds. The smallest absolute Gasteiger partial charge is 0.159 e. The SMILES string of the molecule is CC(=O)c1ccnc(N2CCCC2)c1. The van der Waals surface area contributed by atoms with Gasteiger partial charge in [-0.05, 0) is 31.9 Å². The van der Waals surface area contributed by atoms with Crippen molar-refractivity contribution in [3.05, 3.63) is 23.9 Å². The normalized spacial score (nSPS) is 15.9. The fourth-order valence-corrected chi connectivity index (χ4v) is 1.76. The summed E-state index contributed by atoms with van der Waals surface area (Å²) in [6.45, 7) is 3.71. The summed E-state index contributed by atoms with van der Waals surface area (Å²) < 4.78 is 0. The van der Waals surface area contributed by atoms with Crippen LogP contribution in [0.3, 0.4) is 0 Å². The third kappa shape index (κ3) is 1.76. The fourth-order valence-electron chi connectivity index (χ4n) is 1.76. The molecule has 2 rings (SSSR count). The first-order valence-electron chi connectivity index (χ1n) is 4.99. The van der Waals surface area contributed by atoms with E-state index in [0.717, 1.165) is 24.5 Å². The molecule has 74 valence electrons. The van der Waals surface area contributed by atoms with Gasteiger partial charge in [0.25, 0.3) is 0 Å². The molecule has 0 spiro atoms. The van der Waals surface area contributed by atoms with E-state index in [0.29, 0.717) is 0 Å². The van der Waals surface area contributed by atoms with Gasteiger partial charge in [0.05, 0.1) is 0 Å². The number of anilines is 1. The molecule has 1 aliphatic rings. The predicted octanol–water partition coefficient (Wildman–Crippen LogP) is 1.88. The van der Waals surface area contributed by atoms with Crippen LogP contribution >= 0.6 is 0 Å². The standard InChI is InChI=1S/C11H14N2O/c1-9(14)10-4-5-12-11(8-10)13-6-2-3-7-13/h4-5,8H,2-3,6-7H2,1H3. The molecule has 0 aliphatic carbocycles. The molecule has 1 saturated heterocycles. The average molecular weight is 190 g/mol. The minimum absolute atomic E-state index is 0.104. The summed E-state index contributed by atoms with van der Waals surface area (Å²) in [7, 11) is 0. The fraction of sp³-hybridized carbons (Fsp3) is 0.455. The zero-order chi connectivity index (χ0) is 9.97. The quantitative estimate of drug-likeness (QED) is 0.668. The lowest BCUT2D eigenvalue weighted by molar-refractivity contribution is 0.101. The van der Waals surface area contributed by atoms with Gasteiger partial charge in [-0.15, -0.1) is 0 Å². The summed E-state index contributed by atoms with van der Waals surface area (Å²) in [5, 5.41) is 0. The molecule has 3 nitrogen and oxygen atoms in total. The van der Waals surface area contributed by atoms with Crippen molar-refractivity contribution in [1.29, 1.82) is 0 Å². The highest BCUT2D eigenvalue weighted by Gasteiger charge is 2.13. The summed E-state index contributed by atoms with van der Waals surface area (Å²) in [5.74, 6) is 1.04. The van der Waals surface area contributed by atoms with Crippen LogP contribution in [0.2, 0.25) is 0 Å². The Morgan fingerprint density at radius 2 is 2.14 bits per heavy atom. The predicted molar refractivity (Wildman–Crippen MR) is 55.7 cm³/mol. The topological polar surface area (TPSA) is 33.2 Å². The minimum atomic E-state index is 0.104. The van der Waals surface area contributed by atoms with E-state index < -0.39 is 0 Å². The molecule has 0 atom stereocenters. The van der Waals surface area contributed by atoms with E-state index in [9.17, 15) is 4.79 Å². The second kappa shape index (κ2) is 3.78. The number of nitrogens with zero attached hydrogens (tertiary/aromatic N) is 2. The van der Waals surface area contributed by atoms with Crippen molar-refractivity contribution in [1.82, 2.24) is 4.98 Å². The number of ketones is 1. The van der Waals surface area contributed by atoms with Crippen molar-refractivity contribution in [2.75, 3.05) is 18.0 Å². The molecule has 0 radical (unpaired) electrons. The summed E-state index contributed by atoms with van der Waals surface area (Å²) in [4.78, 5) is 17.7. The zero-order valence-corrected chi connectivity index (χ0v) is 8.36. The number of aromatic nitrogens is 1. The zero-order valence-electron chi connectivity index (χ0n) is 8.36. The largest absolute Gasteiger partial charge is 0.357 e. The first kappa shape index (κ1) is 9.19. The molecule has 0 aromatic carbocycles. The molecule has 2 heterocycles. The molecule has 1 aliphatic heterocycles. The monoisotopic (exact) mass is 190 g/mol. The molecule has 0 unspecified atom stereocenters. The highest BCUT2D eigenvalue weighted by atomic mass is 16.1. The Labute approximate surface area is 83.8 Å². The van der Waals surface area contributed by atoms with Crippen LogP contribution in [0.5, 0.6) is 0 Å². The molecular weight excluding hydrogens is 176 g/mol. The van der Waals surface area contributed by atoms with Gasteiger partial charge in [-0.3, -0.25) is 4.79 Å². The van der Waals surface area contributed by atoms with E-state index in [1.165, 1.54) is 12.8 Å². The highest BCUT2D eigenvalue weighted by Crippen LogP contribution is 2.18. The number of Topliss-reactive ketones (excluding diaryl/α,β-unsaturated/α-hetero) is 1. The van der Waals surface area contributed by atoms with Crippen LogP contribution < -0.4 is 4.90 Å². The van der Waals surface area contributed by atoms with Gasteiger partial charge in [0.2, 0.25) is 0 Å². The maximum atomic E-state index is 11.2. The van der Waals surface area contributed by atoms with Crippen molar-refractivity contribution in [2.45, 2.75) is 19.8 Å². The highest BCUT2D eigenvalue weighted by molar-refractivity contribution is 5.94. The van der Waals surface area contributed by atoms with E-state index in [1.54, 1.807) is 19.2 Å². The van der Waals surface area contributed by atoms with E-state index in [2.05, 4.69) is 9.88 Å². The van der Waals surface area contributed by atoms with Crippen LogP contribution in [-0.4, -0.2) is 23.9 Å². The first-order chi connectivity index (χ1) is 6.77. The van der Waals surface area contributed by atoms with Crippen molar-refractivity contribution in [3.63, 3.8) is 0 Å². The Balaban J connectivity index is 2.25. The van der Waals surface area contributed by atoms with Gasteiger partial charge >= 0.3 is 0 Å². The molecule has 14 heavy (non-hydrogen) atoms. The van der Waals surface area contributed by atoms with Crippen LogP contribution in [0, 0.1) is 0 Å². The van der Waals surface area contributed by atoms with Gasteiger partial charge in [-0.25, -0.2) is 4.98 Å². The maximum Gasteiger partial charge on any atom is 0.159 e.